The number of hydrogen-bond acceptors (Lipinski definition) is 2. The van der Waals surface area contributed by atoms with E-state index in [4.69, 9.17) is 28.9 Å². The Balaban J connectivity index is 2.09. The van der Waals surface area contributed by atoms with Crippen LogP contribution in [0.15, 0.2) is 18.2 Å². The van der Waals surface area contributed by atoms with E-state index in [1.165, 1.54) is 0 Å². The molecule has 1 aliphatic carbocycles. The van der Waals surface area contributed by atoms with Crippen LogP contribution in [0.4, 0.5) is 5.69 Å². The molecule has 2 rings (SSSR count). The highest BCUT2D eigenvalue weighted by molar-refractivity contribution is 6.42. The molecule has 3 N–H and O–H groups in total. The summed E-state index contributed by atoms with van der Waals surface area (Å²) in [5.74, 6) is -0.0339. The van der Waals surface area contributed by atoms with Gasteiger partial charge in [-0.3, -0.25) is 4.79 Å². The summed E-state index contributed by atoms with van der Waals surface area (Å²) in [6, 6.07) is 5.01. The lowest BCUT2D eigenvalue weighted by molar-refractivity contribution is -0.120. The number of carbonyl (C=O) groups is 1. The van der Waals surface area contributed by atoms with E-state index in [-0.39, 0.29) is 11.3 Å². The minimum absolute atomic E-state index is 0.0339. The molecule has 3 nitrogen and oxygen atoms in total. The van der Waals surface area contributed by atoms with E-state index in [0.29, 0.717) is 22.3 Å². The van der Waals surface area contributed by atoms with Crippen molar-refractivity contribution in [2.45, 2.75) is 12.8 Å². The van der Waals surface area contributed by atoms with Gasteiger partial charge in [-0.15, -0.1) is 0 Å². The van der Waals surface area contributed by atoms with Gasteiger partial charge in [0.2, 0.25) is 5.91 Å². The molecular weight excluding hydrogens is 247 g/mol. The first-order valence-corrected chi connectivity index (χ1v) is 5.79. The summed E-state index contributed by atoms with van der Waals surface area (Å²) in [6.45, 7) is 0.389. The van der Waals surface area contributed by atoms with E-state index in [0.717, 1.165) is 12.8 Å². The number of benzene rings is 1. The Bertz CT molecular complexity index is 430. The first-order valence-electron chi connectivity index (χ1n) is 5.04. The Hall–Kier alpha value is -0.770. The van der Waals surface area contributed by atoms with Gasteiger partial charge in [0.15, 0.2) is 0 Å². The van der Waals surface area contributed by atoms with Gasteiger partial charge < -0.3 is 11.1 Å². The minimum atomic E-state index is -0.355. The molecule has 1 saturated carbocycles. The number of amides is 1. The summed E-state index contributed by atoms with van der Waals surface area (Å²) >= 11 is 11.6. The molecular formula is C11H12Cl2N2O. The van der Waals surface area contributed by atoms with Crippen LogP contribution in [0.5, 0.6) is 0 Å². The molecule has 0 bridgehead atoms. The highest BCUT2D eigenvalue weighted by Gasteiger charge is 2.48. The standard InChI is InChI=1S/C11H12Cl2N2O/c12-8-2-1-7(5-9(8)13)15-10(16)11(6-14)3-4-11/h1-2,5H,3-4,6,14H2,(H,15,16). The fourth-order valence-corrected chi connectivity index (χ4v) is 1.81. The maximum absolute atomic E-state index is 11.9. The number of hydrogen-bond donors (Lipinski definition) is 2. The molecule has 0 unspecified atom stereocenters. The van der Waals surface area contributed by atoms with Crippen molar-refractivity contribution in [3.05, 3.63) is 28.2 Å². The number of halogens is 2. The molecule has 0 atom stereocenters. The average molecular weight is 259 g/mol. The number of nitrogens with one attached hydrogen (secondary N) is 1. The molecule has 86 valence electrons. The van der Waals surface area contributed by atoms with Gasteiger partial charge in [0, 0.05) is 12.2 Å². The number of rotatable bonds is 3. The lowest BCUT2D eigenvalue weighted by Crippen LogP contribution is -2.30. The smallest absolute Gasteiger partial charge is 0.231 e. The van der Waals surface area contributed by atoms with Crippen LogP contribution in [-0.4, -0.2) is 12.5 Å². The van der Waals surface area contributed by atoms with Crippen LogP contribution in [0.25, 0.3) is 0 Å². The zero-order valence-electron chi connectivity index (χ0n) is 8.59. The predicted molar refractivity (Wildman–Crippen MR) is 65.8 cm³/mol. The van der Waals surface area contributed by atoms with Crippen molar-refractivity contribution in [1.82, 2.24) is 0 Å². The average Bonchev–Trinajstić information content (AvgIpc) is 3.04. The van der Waals surface area contributed by atoms with E-state index >= 15 is 0 Å². The Morgan fingerprint density at radius 1 is 1.38 bits per heavy atom. The normalized spacial score (nSPS) is 16.9. The van der Waals surface area contributed by atoms with Crippen molar-refractivity contribution in [3.63, 3.8) is 0 Å². The van der Waals surface area contributed by atoms with Gasteiger partial charge in [-0.1, -0.05) is 23.2 Å². The zero-order chi connectivity index (χ0) is 11.8. The monoisotopic (exact) mass is 258 g/mol. The summed E-state index contributed by atoms with van der Waals surface area (Å²) in [4.78, 5) is 11.9. The number of anilines is 1. The topological polar surface area (TPSA) is 55.1 Å². The van der Waals surface area contributed by atoms with E-state index in [1.807, 2.05) is 0 Å². The molecule has 0 aliphatic heterocycles. The number of carbonyl (C=O) groups excluding carboxylic acids is 1. The molecule has 1 aromatic carbocycles. The van der Waals surface area contributed by atoms with Crippen molar-refractivity contribution in [3.8, 4) is 0 Å². The second-order valence-electron chi connectivity index (χ2n) is 4.07. The fourth-order valence-electron chi connectivity index (χ4n) is 1.51. The Morgan fingerprint density at radius 2 is 2.06 bits per heavy atom. The summed E-state index contributed by atoms with van der Waals surface area (Å²) in [5.41, 5.74) is 5.87. The minimum Gasteiger partial charge on any atom is -0.329 e. The maximum Gasteiger partial charge on any atom is 0.231 e. The van der Waals surface area contributed by atoms with Crippen LogP contribution in [-0.2, 0) is 4.79 Å². The molecule has 1 aliphatic rings. The quantitative estimate of drug-likeness (QED) is 0.876. The molecule has 16 heavy (non-hydrogen) atoms. The molecule has 0 spiro atoms. The fraction of sp³-hybridized carbons (Fsp3) is 0.364. The van der Waals surface area contributed by atoms with Crippen molar-refractivity contribution in [2.24, 2.45) is 11.1 Å². The van der Waals surface area contributed by atoms with Gasteiger partial charge in [0.05, 0.1) is 15.5 Å². The third-order valence-electron chi connectivity index (χ3n) is 2.90. The SMILES string of the molecule is NCC1(C(=O)Nc2ccc(Cl)c(Cl)c2)CC1. The molecule has 5 heteroatoms. The van der Waals surface area contributed by atoms with Crippen LogP contribution in [0, 0.1) is 5.41 Å². The van der Waals surface area contributed by atoms with Crippen LogP contribution >= 0.6 is 23.2 Å². The van der Waals surface area contributed by atoms with Crippen molar-refractivity contribution in [1.29, 1.82) is 0 Å². The van der Waals surface area contributed by atoms with E-state index in [9.17, 15) is 4.79 Å². The molecule has 1 amide bonds. The molecule has 0 heterocycles. The van der Waals surface area contributed by atoms with Crippen molar-refractivity contribution in [2.75, 3.05) is 11.9 Å². The van der Waals surface area contributed by atoms with Gasteiger partial charge >= 0.3 is 0 Å². The first-order chi connectivity index (χ1) is 7.57. The first kappa shape index (κ1) is 11.7. The van der Waals surface area contributed by atoms with Crippen molar-refractivity contribution < 1.29 is 4.79 Å². The molecule has 1 fully saturated rings. The van der Waals surface area contributed by atoms with Crippen LogP contribution in [0.2, 0.25) is 10.0 Å². The van der Waals surface area contributed by atoms with Crippen LogP contribution in [0.3, 0.4) is 0 Å². The second kappa shape index (κ2) is 4.24. The molecule has 1 aromatic rings. The van der Waals surface area contributed by atoms with Gasteiger partial charge in [-0.2, -0.15) is 0 Å². The zero-order valence-corrected chi connectivity index (χ0v) is 10.1. The lowest BCUT2D eigenvalue weighted by atomic mass is 10.1. The van der Waals surface area contributed by atoms with E-state index in [2.05, 4.69) is 5.32 Å². The molecule has 0 aromatic heterocycles. The summed E-state index contributed by atoms with van der Waals surface area (Å²) < 4.78 is 0. The number of nitrogens with two attached hydrogens (primary N) is 1. The predicted octanol–water partition coefficient (Wildman–Crippen LogP) is 2.67. The van der Waals surface area contributed by atoms with Crippen molar-refractivity contribution >= 4 is 34.8 Å². The van der Waals surface area contributed by atoms with Gasteiger partial charge in [-0.05, 0) is 31.0 Å². The van der Waals surface area contributed by atoms with Gasteiger partial charge in [0.1, 0.15) is 0 Å². The third-order valence-corrected chi connectivity index (χ3v) is 3.64. The largest absolute Gasteiger partial charge is 0.329 e. The van der Waals surface area contributed by atoms with Crippen LogP contribution in [0.1, 0.15) is 12.8 Å². The summed E-state index contributed by atoms with van der Waals surface area (Å²) in [6.07, 6.45) is 1.72. The van der Waals surface area contributed by atoms with E-state index in [1.54, 1.807) is 18.2 Å². The summed E-state index contributed by atoms with van der Waals surface area (Å²) in [7, 11) is 0. The highest BCUT2D eigenvalue weighted by Crippen LogP contribution is 2.45. The van der Waals surface area contributed by atoms with Gasteiger partial charge in [-0.25, -0.2) is 0 Å². The second-order valence-corrected chi connectivity index (χ2v) is 4.88. The van der Waals surface area contributed by atoms with Crippen LogP contribution < -0.4 is 11.1 Å². The van der Waals surface area contributed by atoms with E-state index < -0.39 is 0 Å². The summed E-state index contributed by atoms with van der Waals surface area (Å²) in [5, 5.41) is 3.70. The molecule has 0 radical (unpaired) electrons. The maximum atomic E-state index is 11.9. The molecule has 0 saturated heterocycles. The van der Waals surface area contributed by atoms with Gasteiger partial charge in [0.25, 0.3) is 0 Å². The highest BCUT2D eigenvalue weighted by atomic mass is 35.5. The Morgan fingerprint density at radius 3 is 2.56 bits per heavy atom. The Kier molecular flexibility index (Phi) is 3.10. The third kappa shape index (κ3) is 2.17. The lowest BCUT2D eigenvalue weighted by Gasteiger charge is -2.13. The Labute approximate surface area is 104 Å².